The summed E-state index contributed by atoms with van der Waals surface area (Å²) in [4.78, 5) is 10.2. The molecule has 0 saturated carbocycles. The minimum Gasteiger partial charge on any atom is -0.291 e. The molecule has 6 heteroatoms. The molecule has 2 aromatic carbocycles. The average molecular weight is 285 g/mol. The third kappa shape index (κ3) is 2.50. The number of nitrogens with zero attached hydrogens (tertiary/aromatic N) is 2. The highest BCUT2D eigenvalue weighted by molar-refractivity contribution is 8.14. The lowest BCUT2D eigenvalue weighted by atomic mass is 10.2. The third-order valence-corrected chi connectivity index (χ3v) is 4.10. The maximum atomic E-state index is 10.6. The second kappa shape index (κ2) is 5.34. The molecule has 1 aliphatic heterocycles. The number of rotatable bonds is 3. The van der Waals surface area contributed by atoms with Gasteiger partial charge in [0.1, 0.15) is 10.4 Å². The predicted molar refractivity (Wildman–Crippen MR) is 79.5 cm³/mol. The first-order chi connectivity index (χ1) is 9.74. The van der Waals surface area contributed by atoms with Gasteiger partial charge in [0.15, 0.2) is 0 Å². The summed E-state index contributed by atoms with van der Waals surface area (Å²) in [6, 6.07) is 16.5. The molecule has 2 aromatic rings. The fourth-order valence-corrected chi connectivity index (χ4v) is 2.91. The van der Waals surface area contributed by atoms with Crippen LogP contribution in [0.2, 0.25) is 0 Å². The Labute approximate surface area is 119 Å². The molecule has 0 spiro atoms. The molecule has 0 amide bonds. The Bertz CT molecular complexity index is 656. The molecule has 0 bridgehead atoms. The number of thioether (sulfide) groups is 1. The Morgan fingerprint density at radius 2 is 1.80 bits per heavy atom. The standard InChI is InChI=1S/C14H11N3O2S/c18-17(19)12-8-6-11(7-9-12)14-16-15-13(20-14)10-4-2-1-3-5-10/h1-9,14,16H/t14-/m0/s1. The predicted octanol–water partition coefficient (Wildman–Crippen LogP) is 3.29. The fourth-order valence-electron chi connectivity index (χ4n) is 1.91. The maximum absolute atomic E-state index is 10.6. The summed E-state index contributed by atoms with van der Waals surface area (Å²) in [5, 5.41) is 15.9. The average Bonchev–Trinajstić information content (AvgIpc) is 2.98. The number of nitrogens with one attached hydrogen (secondary N) is 1. The number of hydrogen-bond acceptors (Lipinski definition) is 5. The van der Waals surface area contributed by atoms with E-state index in [4.69, 9.17) is 0 Å². The smallest absolute Gasteiger partial charge is 0.269 e. The van der Waals surface area contributed by atoms with Gasteiger partial charge in [0.05, 0.1) is 4.92 Å². The first kappa shape index (κ1) is 12.7. The molecule has 1 atom stereocenters. The zero-order valence-corrected chi connectivity index (χ0v) is 11.2. The van der Waals surface area contributed by atoms with E-state index >= 15 is 0 Å². The van der Waals surface area contributed by atoms with E-state index < -0.39 is 4.92 Å². The molecule has 1 aliphatic rings. The third-order valence-electron chi connectivity index (χ3n) is 2.94. The van der Waals surface area contributed by atoms with Crippen molar-refractivity contribution >= 4 is 22.5 Å². The number of hydrogen-bond donors (Lipinski definition) is 1. The van der Waals surface area contributed by atoms with Crippen molar-refractivity contribution in [1.82, 2.24) is 5.43 Å². The summed E-state index contributed by atoms with van der Waals surface area (Å²) in [5.74, 6) is 0. The van der Waals surface area contributed by atoms with Crippen LogP contribution in [0.3, 0.4) is 0 Å². The van der Waals surface area contributed by atoms with Gasteiger partial charge in [-0.15, -0.1) is 0 Å². The minimum absolute atomic E-state index is 0.00832. The molecule has 0 aliphatic carbocycles. The van der Waals surface area contributed by atoms with Gasteiger partial charge in [-0.25, -0.2) is 0 Å². The molecule has 0 saturated heterocycles. The molecule has 0 fully saturated rings. The van der Waals surface area contributed by atoms with Crippen LogP contribution < -0.4 is 5.43 Å². The van der Waals surface area contributed by atoms with Crippen molar-refractivity contribution in [1.29, 1.82) is 0 Å². The lowest BCUT2D eigenvalue weighted by Crippen LogP contribution is -2.06. The van der Waals surface area contributed by atoms with E-state index in [1.807, 2.05) is 30.3 Å². The molecule has 1 N–H and O–H groups in total. The second-order valence-corrected chi connectivity index (χ2v) is 5.35. The fraction of sp³-hybridized carbons (Fsp3) is 0.0714. The van der Waals surface area contributed by atoms with Crippen molar-refractivity contribution in [2.24, 2.45) is 5.10 Å². The van der Waals surface area contributed by atoms with Crippen molar-refractivity contribution in [3.63, 3.8) is 0 Å². The van der Waals surface area contributed by atoms with Crippen LogP contribution in [0.25, 0.3) is 0 Å². The Morgan fingerprint density at radius 1 is 1.10 bits per heavy atom. The Morgan fingerprint density at radius 3 is 2.45 bits per heavy atom. The van der Waals surface area contributed by atoms with E-state index in [1.165, 1.54) is 12.1 Å². The highest BCUT2D eigenvalue weighted by Crippen LogP contribution is 2.34. The van der Waals surface area contributed by atoms with Gasteiger partial charge in [0.25, 0.3) is 5.69 Å². The van der Waals surface area contributed by atoms with E-state index in [0.717, 1.165) is 16.2 Å². The summed E-state index contributed by atoms with van der Waals surface area (Å²) in [6.45, 7) is 0. The van der Waals surface area contributed by atoms with Gasteiger partial charge >= 0.3 is 0 Å². The van der Waals surface area contributed by atoms with Crippen molar-refractivity contribution < 1.29 is 4.92 Å². The monoisotopic (exact) mass is 285 g/mol. The van der Waals surface area contributed by atoms with E-state index in [-0.39, 0.29) is 11.1 Å². The first-order valence-electron chi connectivity index (χ1n) is 6.04. The quantitative estimate of drug-likeness (QED) is 0.694. The summed E-state index contributed by atoms with van der Waals surface area (Å²) >= 11 is 1.60. The number of benzene rings is 2. The van der Waals surface area contributed by atoms with Crippen molar-refractivity contribution in [3.05, 3.63) is 75.8 Å². The largest absolute Gasteiger partial charge is 0.291 e. The van der Waals surface area contributed by atoms with Crippen LogP contribution in [0.5, 0.6) is 0 Å². The lowest BCUT2D eigenvalue weighted by molar-refractivity contribution is -0.384. The van der Waals surface area contributed by atoms with Crippen LogP contribution in [0, 0.1) is 10.1 Å². The number of nitro groups is 1. The van der Waals surface area contributed by atoms with Gasteiger partial charge in [0, 0.05) is 17.7 Å². The van der Waals surface area contributed by atoms with Crippen LogP contribution in [0.4, 0.5) is 5.69 Å². The summed E-state index contributed by atoms with van der Waals surface area (Å²) in [7, 11) is 0. The van der Waals surface area contributed by atoms with Crippen LogP contribution in [0.1, 0.15) is 16.5 Å². The van der Waals surface area contributed by atoms with Crippen molar-refractivity contribution in [3.8, 4) is 0 Å². The zero-order chi connectivity index (χ0) is 13.9. The molecule has 0 radical (unpaired) electrons. The highest BCUT2D eigenvalue weighted by atomic mass is 32.2. The summed E-state index contributed by atoms with van der Waals surface area (Å²) in [5.41, 5.74) is 5.18. The molecule has 1 heterocycles. The summed E-state index contributed by atoms with van der Waals surface area (Å²) < 4.78 is 0. The Kier molecular flexibility index (Phi) is 3.39. The van der Waals surface area contributed by atoms with Gasteiger partial charge in [-0.1, -0.05) is 42.1 Å². The number of nitro benzene ring substituents is 1. The molecule has 20 heavy (non-hydrogen) atoms. The van der Waals surface area contributed by atoms with E-state index in [1.54, 1.807) is 23.9 Å². The van der Waals surface area contributed by atoms with Gasteiger partial charge in [-0.3, -0.25) is 15.5 Å². The van der Waals surface area contributed by atoms with Crippen molar-refractivity contribution in [2.75, 3.05) is 0 Å². The lowest BCUT2D eigenvalue weighted by Gasteiger charge is -2.08. The maximum Gasteiger partial charge on any atom is 0.269 e. The normalized spacial score (nSPS) is 17.4. The van der Waals surface area contributed by atoms with Crippen LogP contribution in [0.15, 0.2) is 59.7 Å². The molecule has 100 valence electrons. The zero-order valence-electron chi connectivity index (χ0n) is 10.4. The van der Waals surface area contributed by atoms with Crippen LogP contribution in [-0.2, 0) is 0 Å². The molecular formula is C14H11N3O2S. The topological polar surface area (TPSA) is 67.5 Å². The Hall–Kier alpha value is -2.34. The van der Waals surface area contributed by atoms with E-state index in [0.29, 0.717) is 0 Å². The summed E-state index contributed by atoms with van der Waals surface area (Å²) in [6.07, 6.45) is 0. The number of hydrazone groups is 1. The van der Waals surface area contributed by atoms with Gasteiger partial charge in [-0.05, 0) is 17.7 Å². The number of non-ortho nitro benzene ring substituents is 1. The van der Waals surface area contributed by atoms with Crippen LogP contribution >= 0.6 is 11.8 Å². The Balaban J connectivity index is 1.74. The van der Waals surface area contributed by atoms with Gasteiger partial charge in [-0.2, -0.15) is 5.10 Å². The molecule has 5 nitrogen and oxygen atoms in total. The van der Waals surface area contributed by atoms with Gasteiger partial charge in [0.2, 0.25) is 0 Å². The van der Waals surface area contributed by atoms with E-state index in [9.17, 15) is 10.1 Å². The first-order valence-corrected chi connectivity index (χ1v) is 6.91. The molecule has 0 aromatic heterocycles. The molecular weight excluding hydrogens is 274 g/mol. The van der Waals surface area contributed by atoms with Crippen LogP contribution in [-0.4, -0.2) is 9.97 Å². The minimum atomic E-state index is -0.398. The highest BCUT2D eigenvalue weighted by Gasteiger charge is 2.22. The molecule has 3 rings (SSSR count). The van der Waals surface area contributed by atoms with E-state index in [2.05, 4.69) is 10.5 Å². The molecule has 0 unspecified atom stereocenters. The van der Waals surface area contributed by atoms with Gasteiger partial charge < -0.3 is 0 Å². The SMILES string of the molecule is O=[N+]([O-])c1ccc([C@H]2NN=C(c3ccccc3)S2)cc1. The second-order valence-electron chi connectivity index (χ2n) is 4.26. The van der Waals surface area contributed by atoms with Crippen molar-refractivity contribution in [2.45, 2.75) is 5.37 Å².